The molecule has 5 N–H and O–H groups in total. The minimum atomic E-state index is -2.26. The number of aromatic nitrogens is 2. The van der Waals surface area contributed by atoms with Gasteiger partial charge in [0.1, 0.15) is 5.75 Å². The Hall–Kier alpha value is -5.73. The van der Waals surface area contributed by atoms with Gasteiger partial charge in [0.15, 0.2) is 13.9 Å². The number of benzene rings is 4. The van der Waals surface area contributed by atoms with E-state index in [-0.39, 0.29) is 34.0 Å². The number of aryl methyl sites for hydroxylation is 1. The number of aromatic amines is 1. The Balaban J connectivity index is 1.04. The topological polar surface area (TPSA) is 162 Å². The molecule has 4 aromatic carbocycles. The van der Waals surface area contributed by atoms with Crippen molar-refractivity contribution < 1.29 is 23.9 Å². The Morgan fingerprint density at radius 1 is 0.954 bits per heavy atom. The molecule has 0 saturated heterocycles. The van der Waals surface area contributed by atoms with E-state index in [1.54, 1.807) is 21.6 Å². The summed E-state index contributed by atoms with van der Waals surface area (Å²) in [5.74, 6) is -0.430. The van der Waals surface area contributed by atoms with Crippen molar-refractivity contribution in [3.05, 3.63) is 135 Å². The predicted octanol–water partition coefficient (Wildman–Crippen LogP) is 10.9. The van der Waals surface area contributed by atoms with Crippen LogP contribution in [0.15, 0.2) is 111 Å². The van der Waals surface area contributed by atoms with E-state index in [1.165, 1.54) is 6.07 Å². The predicted molar refractivity (Wildman–Crippen MR) is 264 cm³/mol. The highest BCUT2D eigenvalue weighted by molar-refractivity contribution is 6.74. The van der Waals surface area contributed by atoms with Crippen molar-refractivity contribution in [2.75, 3.05) is 11.4 Å². The van der Waals surface area contributed by atoms with Crippen molar-refractivity contribution in [2.45, 2.75) is 129 Å². The summed E-state index contributed by atoms with van der Waals surface area (Å²) < 4.78 is 14.4. The number of pyridine rings is 1. The Labute approximate surface area is 382 Å². The number of fused-ring (bicyclic) bond motifs is 2. The van der Waals surface area contributed by atoms with Gasteiger partial charge in [-0.05, 0) is 124 Å². The number of carbonyl (C=O) groups is 1. The van der Waals surface area contributed by atoms with Gasteiger partial charge in [0.2, 0.25) is 5.56 Å². The Morgan fingerprint density at radius 2 is 1.69 bits per heavy atom. The van der Waals surface area contributed by atoms with Gasteiger partial charge in [0.25, 0.3) is 0 Å². The summed E-state index contributed by atoms with van der Waals surface area (Å²) in [6.07, 6.45) is 6.59. The van der Waals surface area contributed by atoms with Crippen LogP contribution < -0.4 is 26.8 Å². The van der Waals surface area contributed by atoms with E-state index in [9.17, 15) is 24.6 Å². The van der Waals surface area contributed by atoms with Crippen molar-refractivity contribution in [1.29, 1.82) is 0 Å². The van der Waals surface area contributed by atoms with Gasteiger partial charge in [-0.2, -0.15) is 0 Å². The third-order valence-electron chi connectivity index (χ3n) is 13.0. The van der Waals surface area contributed by atoms with Crippen LogP contribution >= 0.6 is 0 Å². The van der Waals surface area contributed by atoms with E-state index in [4.69, 9.17) is 8.84 Å². The first-order valence-electron chi connectivity index (χ1n) is 22.8. The fourth-order valence-electron chi connectivity index (χ4n) is 8.75. The van der Waals surface area contributed by atoms with Crippen LogP contribution in [0.2, 0.25) is 18.1 Å². The summed E-state index contributed by atoms with van der Waals surface area (Å²) in [4.78, 5) is 42.7. The van der Waals surface area contributed by atoms with Gasteiger partial charge in [-0.1, -0.05) is 87.5 Å². The summed E-state index contributed by atoms with van der Waals surface area (Å²) in [6, 6.07) is 28.6. The lowest BCUT2D eigenvalue weighted by atomic mass is 9.88. The van der Waals surface area contributed by atoms with E-state index in [0.29, 0.717) is 54.4 Å². The zero-order valence-electron chi connectivity index (χ0n) is 39.0. The van der Waals surface area contributed by atoms with E-state index in [1.807, 2.05) is 84.9 Å². The number of hydrogen-bond acceptors (Lipinski definition) is 8. The molecule has 0 radical (unpaired) electrons. The molecule has 12 nitrogen and oxygen atoms in total. The number of phenols is 1. The average molecular weight is 900 g/mol. The summed E-state index contributed by atoms with van der Waals surface area (Å²) in [6.45, 7) is 18.8. The molecule has 1 fully saturated rings. The summed E-state index contributed by atoms with van der Waals surface area (Å²) in [5.41, 5.74) is 6.47. The standard InChI is InChI=1S/C52H65N5O7Si/c1-51(2,3)55-37-19-21-38(22-20-37)57(49(60)61)43-30-34(17-23-39(43)36-15-10-9-11-16-36)14-12-13-29-56-42-26-18-35(31-45(42)63-50(56)62)32-53-33-46(64-65(7,8)52(4,5)6)40-24-27-44(58)48-41(40)25-28-47(59)54-48/h9-12,14-18,23-28,30-31,37-38,46,53,55,58H,13,19-22,29,32-33H2,1-8H3,(H,54,59)(H,60,61)/b14-12+/t37?,38?,46-/m0/s1. The molecule has 7 rings (SSSR count). The SMILES string of the molecule is CC(C)(C)NC1CCC(N(C(=O)O)c2cc(/C=C/CCn3c(=O)oc4cc(CNC[C@H](O[Si](C)(C)C(C)(C)C)c5ccc(O)c6[nH]c(=O)ccc56)ccc43)ccc2-c2ccccc2)CC1. The van der Waals surface area contributed by atoms with Crippen LogP contribution in [0, 0.1) is 0 Å². The molecule has 0 aliphatic heterocycles. The van der Waals surface area contributed by atoms with Crippen LogP contribution in [0.3, 0.4) is 0 Å². The molecular weight excluding hydrogens is 835 g/mol. The van der Waals surface area contributed by atoms with Crippen molar-refractivity contribution in [1.82, 2.24) is 20.2 Å². The van der Waals surface area contributed by atoms with Crippen LogP contribution in [-0.4, -0.2) is 58.3 Å². The molecule has 1 aliphatic rings. The van der Waals surface area contributed by atoms with Crippen molar-refractivity contribution in [2.24, 2.45) is 0 Å². The smallest absolute Gasteiger partial charge is 0.419 e. The highest BCUT2D eigenvalue weighted by Crippen LogP contribution is 2.41. The van der Waals surface area contributed by atoms with Gasteiger partial charge in [-0.3, -0.25) is 14.3 Å². The zero-order chi connectivity index (χ0) is 46.7. The molecule has 13 heteroatoms. The van der Waals surface area contributed by atoms with Crippen LogP contribution in [0.1, 0.15) is 96.4 Å². The van der Waals surface area contributed by atoms with Gasteiger partial charge >= 0.3 is 11.8 Å². The maximum absolute atomic E-state index is 13.2. The quantitative estimate of drug-likeness (QED) is 0.0632. The molecule has 1 aliphatic carbocycles. The van der Waals surface area contributed by atoms with Gasteiger partial charge < -0.3 is 34.7 Å². The number of nitrogens with zero attached hydrogens (tertiary/aromatic N) is 2. The Morgan fingerprint density at radius 3 is 2.38 bits per heavy atom. The second kappa shape index (κ2) is 19.4. The number of amides is 1. The number of phenolic OH excluding ortho intramolecular Hbond substituents is 1. The molecule has 0 unspecified atom stereocenters. The van der Waals surface area contributed by atoms with Gasteiger partial charge in [0, 0.05) is 54.3 Å². The number of rotatable bonds is 15. The van der Waals surface area contributed by atoms with Gasteiger partial charge in [0.05, 0.1) is 22.8 Å². The molecule has 0 spiro atoms. The van der Waals surface area contributed by atoms with Crippen molar-refractivity contribution in [3.8, 4) is 16.9 Å². The second-order valence-corrected chi connectivity index (χ2v) is 24.7. The van der Waals surface area contributed by atoms with E-state index >= 15 is 0 Å². The van der Waals surface area contributed by atoms with Crippen molar-refractivity contribution in [3.63, 3.8) is 0 Å². The maximum Gasteiger partial charge on any atom is 0.419 e. The molecule has 1 atom stereocenters. The average Bonchev–Trinajstić information content (AvgIpc) is 3.56. The van der Waals surface area contributed by atoms with Gasteiger partial charge in [-0.15, -0.1) is 0 Å². The summed E-state index contributed by atoms with van der Waals surface area (Å²) in [5, 5.41) is 29.2. The summed E-state index contributed by atoms with van der Waals surface area (Å²) in [7, 11) is -2.26. The number of hydrogen-bond donors (Lipinski definition) is 5. The number of oxazole rings is 1. The molecule has 2 aromatic heterocycles. The number of H-pyrrole nitrogens is 1. The van der Waals surface area contributed by atoms with Crippen LogP contribution in [0.25, 0.3) is 39.2 Å². The minimum Gasteiger partial charge on any atom is -0.506 e. The molecule has 65 heavy (non-hydrogen) atoms. The maximum atomic E-state index is 13.2. The normalized spacial score (nSPS) is 16.7. The van der Waals surface area contributed by atoms with E-state index in [0.717, 1.165) is 58.9 Å². The largest absolute Gasteiger partial charge is 0.506 e. The lowest BCUT2D eigenvalue weighted by molar-refractivity contribution is 0.181. The number of carboxylic acid groups (broad SMARTS) is 1. The fraction of sp³-hybridized carbons (Fsp3) is 0.404. The first kappa shape index (κ1) is 47.2. The van der Waals surface area contributed by atoms with E-state index < -0.39 is 20.2 Å². The van der Waals surface area contributed by atoms with Crippen molar-refractivity contribution >= 4 is 48.2 Å². The Bertz CT molecular complexity index is 2770. The third kappa shape index (κ3) is 11.2. The van der Waals surface area contributed by atoms with Crippen LogP contribution in [0.5, 0.6) is 5.75 Å². The van der Waals surface area contributed by atoms with E-state index in [2.05, 4.69) is 70.3 Å². The number of allylic oxidation sites excluding steroid dienone is 1. The Kier molecular flexibility index (Phi) is 14.1. The number of nitrogens with one attached hydrogen (secondary N) is 3. The molecule has 1 saturated carbocycles. The molecule has 0 bridgehead atoms. The molecular formula is C52H65N5O7Si. The molecule has 1 amide bonds. The number of anilines is 1. The molecule has 2 heterocycles. The zero-order valence-corrected chi connectivity index (χ0v) is 40.0. The van der Waals surface area contributed by atoms with Crippen LogP contribution in [-0.2, 0) is 17.5 Å². The number of aromatic hydroxyl groups is 1. The third-order valence-corrected chi connectivity index (χ3v) is 17.5. The van der Waals surface area contributed by atoms with Gasteiger partial charge in [-0.25, -0.2) is 9.59 Å². The molecule has 6 aromatic rings. The minimum absolute atomic E-state index is 0.00234. The second-order valence-electron chi connectivity index (χ2n) is 20.0. The highest BCUT2D eigenvalue weighted by atomic mass is 28.4. The lowest BCUT2D eigenvalue weighted by Crippen LogP contribution is -2.49. The molecule has 344 valence electrons. The van der Waals surface area contributed by atoms with Crippen LogP contribution in [0.4, 0.5) is 10.5 Å². The summed E-state index contributed by atoms with van der Waals surface area (Å²) >= 11 is 0. The highest BCUT2D eigenvalue weighted by Gasteiger charge is 2.40. The first-order valence-corrected chi connectivity index (χ1v) is 25.7. The first-order chi connectivity index (χ1) is 30.8. The lowest BCUT2D eigenvalue weighted by Gasteiger charge is -2.39. The fourth-order valence-corrected chi connectivity index (χ4v) is 10.0. The monoisotopic (exact) mass is 899 g/mol.